The van der Waals surface area contributed by atoms with Gasteiger partial charge in [0.15, 0.2) is 0 Å². The van der Waals surface area contributed by atoms with Crippen molar-refractivity contribution in [3.8, 4) is 17.0 Å². The Balaban J connectivity index is 1.64. The Bertz CT molecular complexity index is 1240. The SMILES string of the molecule is CCn1cc(C(=O)OC)cc(-c2cnn(C)c2OCCC[C@@H](C)CNc2cc(Br)ccc2N)c1=O. The molecule has 0 aliphatic rings. The third-order valence-electron chi connectivity index (χ3n) is 5.76. The molecule has 3 rings (SSSR count). The summed E-state index contributed by atoms with van der Waals surface area (Å²) in [6.07, 6.45) is 4.85. The maximum absolute atomic E-state index is 13.0. The predicted molar refractivity (Wildman–Crippen MR) is 141 cm³/mol. The third kappa shape index (κ3) is 6.45. The highest BCUT2D eigenvalue weighted by Gasteiger charge is 2.19. The number of halogens is 1. The van der Waals surface area contributed by atoms with Crippen LogP contribution in [0.4, 0.5) is 11.4 Å². The van der Waals surface area contributed by atoms with Gasteiger partial charge in [-0.15, -0.1) is 0 Å². The van der Waals surface area contributed by atoms with Crippen LogP contribution in [0.3, 0.4) is 0 Å². The van der Waals surface area contributed by atoms with Crippen molar-refractivity contribution in [2.24, 2.45) is 13.0 Å². The van der Waals surface area contributed by atoms with Gasteiger partial charge in [-0.25, -0.2) is 9.48 Å². The number of benzene rings is 1. The predicted octanol–water partition coefficient (Wildman–Crippen LogP) is 4.31. The van der Waals surface area contributed by atoms with E-state index in [2.05, 4.69) is 33.3 Å². The molecular formula is C25H32BrN5O4. The smallest absolute Gasteiger partial charge is 0.339 e. The molecule has 2 aromatic heterocycles. The van der Waals surface area contributed by atoms with E-state index in [9.17, 15) is 9.59 Å². The van der Waals surface area contributed by atoms with Crippen LogP contribution in [0.15, 0.2) is 45.9 Å². The van der Waals surface area contributed by atoms with Gasteiger partial charge in [0.25, 0.3) is 5.56 Å². The molecule has 0 bridgehead atoms. The van der Waals surface area contributed by atoms with Crippen LogP contribution in [-0.4, -0.2) is 40.6 Å². The van der Waals surface area contributed by atoms with E-state index >= 15 is 0 Å². The molecule has 0 amide bonds. The molecule has 0 spiro atoms. The van der Waals surface area contributed by atoms with Crippen LogP contribution in [0, 0.1) is 5.92 Å². The third-order valence-corrected chi connectivity index (χ3v) is 6.25. The van der Waals surface area contributed by atoms with Gasteiger partial charge < -0.3 is 25.1 Å². The number of esters is 1. The zero-order chi connectivity index (χ0) is 25.5. The number of hydrogen-bond donors (Lipinski definition) is 2. The van der Waals surface area contributed by atoms with Crippen LogP contribution >= 0.6 is 15.9 Å². The molecule has 0 aliphatic heterocycles. The second-order valence-corrected chi connectivity index (χ2v) is 9.34. The fourth-order valence-corrected chi connectivity index (χ4v) is 4.10. The lowest BCUT2D eigenvalue weighted by Gasteiger charge is -2.16. The van der Waals surface area contributed by atoms with E-state index in [4.69, 9.17) is 15.2 Å². The Labute approximate surface area is 213 Å². The molecule has 35 heavy (non-hydrogen) atoms. The maximum Gasteiger partial charge on any atom is 0.339 e. The highest BCUT2D eigenvalue weighted by molar-refractivity contribution is 9.10. The molecule has 1 atom stereocenters. The molecule has 188 valence electrons. The summed E-state index contributed by atoms with van der Waals surface area (Å²) in [6, 6.07) is 7.28. The van der Waals surface area contributed by atoms with Crippen molar-refractivity contribution in [3.63, 3.8) is 0 Å². The number of nitrogens with zero attached hydrogens (tertiary/aromatic N) is 3. The summed E-state index contributed by atoms with van der Waals surface area (Å²) in [7, 11) is 3.07. The van der Waals surface area contributed by atoms with E-state index in [1.165, 1.54) is 23.9 Å². The summed E-state index contributed by atoms with van der Waals surface area (Å²) in [4.78, 5) is 25.1. The first kappa shape index (κ1) is 26.3. The van der Waals surface area contributed by atoms with Crippen molar-refractivity contribution in [1.29, 1.82) is 0 Å². The number of rotatable bonds is 11. The number of nitrogen functional groups attached to an aromatic ring is 1. The van der Waals surface area contributed by atoms with Crippen LogP contribution in [-0.2, 0) is 18.3 Å². The minimum atomic E-state index is -0.507. The highest BCUT2D eigenvalue weighted by Crippen LogP contribution is 2.28. The lowest BCUT2D eigenvalue weighted by molar-refractivity contribution is 0.0599. The van der Waals surface area contributed by atoms with Crippen LogP contribution in [0.25, 0.3) is 11.1 Å². The molecule has 0 unspecified atom stereocenters. The van der Waals surface area contributed by atoms with E-state index < -0.39 is 5.97 Å². The van der Waals surface area contributed by atoms with E-state index in [-0.39, 0.29) is 5.56 Å². The molecule has 3 aromatic rings. The van der Waals surface area contributed by atoms with Gasteiger partial charge in [0.05, 0.1) is 48.0 Å². The Morgan fingerprint density at radius 1 is 1.29 bits per heavy atom. The number of pyridine rings is 1. The summed E-state index contributed by atoms with van der Waals surface area (Å²) in [6.45, 7) is 5.68. The van der Waals surface area contributed by atoms with E-state index in [1.807, 2.05) is 25.1 Å². The topological polar surface area (TPSA) is 113 Å². The fourth-order valence-electron chi connectivity index (χ4n) is 3.74. The second kappa shape index (κ2) is 11.9. The van der Waals surface area contributed by atoms with Crippen molar-refractivity contribution in [2.45, 2.75) is 33.2 Å². The van der Waals surface area contributed by atoms with E-state index in [0.717, 1.165) is 29.5 Å². The second-order valence-electron chi connectivity index (χ2n) is 8.42. The number of hydrogen-bond acceptors (Lipinski definition) is 7. The van der Waals surface area contributed by atoms with Crippen molar-refractivity contribution >= 4 is 33.3 Å². The average molecular weight is 546 g/mol. The van der Waals surface area contributed by atoms with Gasteiger partial charge in [0, 0.05) is 30.8 Å². The van der Waals surface area contributed by atoms with Crippen LogP contribution in [0.5, 0.6) is 5.88 Å². The molecule has 3 N–H and O–H groups in total. The number of carbonyl (C=O) groups excluding carboxylic acids is 1. The van der Waals surface area contributed by atoms with Gasteiger partial charge in [0.2, 0.25) is 5.88 Å². The summed E-state index contributed by atoms with van der Waals surface area (Å²) in [5.74, 6) is 0.378. The van der Waals surface area contributed by atoms with Crippen LogP contribution in [0.2, 0.25) is 0 Å². The Morgan fingerprint density at radius 2 is 2.06 bits per heavy atom. The number of ether oxygens (including phenoxy) is 2. The minimum absolute atomic E-state index is 0.218. The molecule has 2 heterocycles. The molecule has 0 radical (unpaired) electrons. The van der Waals surface area contributed by atoms with Gasteiger partial charge >= 0.3 is 5.97 Å². The number of nitrogens with two attached hydrogens (primary N) is 1. The largest absolute Gasteiger partial charge is 0.477 e. The molecule has 0 fully saturated rings. The number of anilines is 2. The normalized spacial score (nSPS) is 11.8. The van der Waals surface area contributed by atoms with E-state index in [1.54, 1.807) is 17.9 Å². The number of methoxy groups -OCH3 is 1. The summed E-state index contributed by atoms with van der Waals surface area (Å²) < 4.78 is 14.9. The van der Waals surface area contributed by atoms with Crippen molar-refractivity contribution < 1.29 is 14.3 Å². The minimum Gasteiger partial charge on any atom is -0.477 e. The highest BCUT2D eigenvalue weighted by atomic mass is 79.9. The number of aryl methyl sites for hydroxylation is 2. The molecule has 10 heteroatoms. The lowest BCUT2D eigenvalue weighted by Crippen LogP contribution is -2.22. The average Bonchev–Trinajstić information content (AvgIpc) is 3.21. The van der Waals surface area contributed by atoms with Gasteiger partial charge in [0.1, 0.15) is 0 Å². The van der Waals surface area contributed by atoms with E-state index in [0.29, 0.717) is 47.3 Å². The molecule has 0 saturated heterocycles. The summed E-state index contributed by atoms with van der Waals surface area (Å²) in [5.41, 5.74) is 8.63. The zero-order valence-electron chi connectivity index (χ0n) is 20.5. The van der Waals surface area contributed by atoms with Crippen LogP contribution < -0.4 is 21.3 Å². The number of nitrogens with one attached hydrogen (secondary N) is 1. The van der Waals surface area contributed by atoms with Crippen molar-refractivity contribution in [2.75, 3.05) is 31.3 Å². The first-order chi connectivity index (χ1) is 16.7. The summed E-state index contributed by atoms with van der Waals surface area (Å²) >= 11 is 3.47. The van der Waals surface area contributed by atoms with Crippen LogP contribution in [0.1, 0.15) is 37.0 Å². The fraction of sp³-hybridized carbons (Fsp3) is 0.400. The Hall–Kier alpha value is -3.27. The maximum atomic E-state index is 13.0. The van der Waals surface area contributed by atoms with Gasteiger partial charge in [-0.05, 0) is 49.9 Å². The van der Waals surface area contributed by atoms with Crippen molar-refractivity contribution in [1.82, 2.24) is 14.3 Å². The zero-order valence-corrected chi connectivity index (χ0v) is 22.1. The van der Waals surface area contributed by atoms with Crippen molar-refractivity contribution in [3.05, 3.63) is 57.0 Å². The molecule has 1 aromatic carbocycles. The Kier molecular flexibility index (Phi) is 8.97. The number of carbonyl (C=O) groups is 1. The van der Waals surface area contributed by atoms with Gasteiger partial charge in [-0.2, -0.15) is 5.10 Å². The molecular weight excluding hydrogens is 514 g/mol. The molecule has 0 saturated carbocycles. The van der Waals surface area contributed by atoms with Gasteiger partial charge in [-0.1, -0.05) is 22.9 Å². The first-order valence-corrected chi connectivity index (χ1v) is 12.3. The Morgan fingerprint density at radius 3 is 2.77 bits per heavy atom. The monoisotopic (exact) mass is 545 g/mol. The molecule has 9 nitrogen and oxygen atoms in total. The first-order valence-electron chi connectivity index (χ1n) is 11.5. The number of aromatic nitrogens is 3. The molecule has 0 aliphatic carbocycles. The standard InChI is InChI=1S/C25H32BrN5O4/c1-5-31-15-17(25(33)34-4)11-19(23(31)32)20-14-29-30(3)24(20)35-10-6-7-16(2)13-28-22-12-18(26)8-9-21(22)27/h8-9,11-12,14-16,28H,5-7,10,13,27H2,1-4H3/t16-/m1/s1. The summed E-state index contributed by atoms with van der Waals surface area (Å²) in [5, 5.41) is 7.68. The quantitative estimate of drug-likeness (QED) is 0.209. The lowest BCUT2D eigenvalue weighted by atomic mass is 10.1. The van der Waals surface area contributed by atoms with Gasteiger partial charge in [-0.3, -0.25) is 4.79 Å².